The van der Waals surface area contributed by atoms with E-state index in [1.807, 2.05) is 24.3 Å². The molecule has 0 saturated heterocycles. The topological polar surface area (TPSA) is 92.6 Å². The highest BCUT2D eigenvalue weighted by atomic mass is 32.2. The molecule has 3 rings (SSSR count). The molecule has 1 aliphatic heterocycles. The second-order valence-electron chi connectivity index (χ2n) is 6.33. The van der Waals surface area contributed by atoms with Gasteiger partial charge in [-0.05, 0) is 24.6 Å². The molecule has 0 aliphatic carbocycles. The van der Waals surface area contributed by atoms with E-state index >= 15 is 0 Å². The third-order valence-electron chi connectivity index (χ3n) is 4.60. The van der Waals surface area contributed by atoms with Crippen molar-refractivity contribution in [3.63, 3.8) is 0 Å². The highest BCUT2D eigenvalue weighted by molar-refractivity contribution is 8.01. The van der Waals surface area contributed by atoms with E-state index in [0.717, 1.165) is 10.6 Å². The van der Waals surface area contributed by atoms with Crippen LogP contribution in [-0.4, -0.2) is 33.9 Å². The number of hydrogen-bond donors (Lipinski definition) is 1. The number of nitro groups is 1. The number of nitrogens with zero attached hydrogens (tertiary/aromatic N) is 2. The molecule has 2 amide bonds. The number of benzene rings is 2. The van der Waals surface area contributed by atoms with Crippen molar-refractivity contribution in [1.29, 1.82) is 0 Å². The quantitative estimate of drug-likeness (QED) is 0.627. The summed E-state index contributed by atoms with van der Waals surface area (Å²) in [6.07, 6.45) is 0.0562. The Bertz CT molecular complexity index is 902. The second-order valence-corrected chi connectivity index (χ2v) is 7.57. The maximum absolute atomic E-state index is 12.7. The predicted octanol–water partition coefficient (Wildman–Crippen LogP) is 3.62. The van der Waals surface area contributed by atoms with Gasteiger partial charge in [-0.3, -0.25) is 19.7 Å². The molecule has 0 fully saturated rings. The van der Waals surface area contributed by atoms with Crippen LogP contribution in [0.4, 0.5) is 11.4 Å². The van der Waals surface area contributed by atoms with E-state index in [0.29, 0.717) is 5.56 Å². The number of anilines is 1. The highest BCUT2D eigenvalue weighted by Gasteiger charge is 2.31. The lowest BCUT2D eigenvalue weighted by Gasteiger charge is -2.28. The summed E-state index contributed by atoms with van der Waals surface area (Å²) in [4.78, 5) is 38.0. The first kappa shape index (κ1) is 18.9. The average molecular weight is 385 g/mol. The van der Waals surface area contributed by atoms with Gasteiger partial charge >= 0.3 is 0 Å². The Morgan fingerprint density at radius 1 is 1.30 bits per heavy atom. The molecule has 140 valence electrons. The van der Waals surface area contributed by atoms with Crippen molar-refractivity contribution in [2.45, 2.75) is 29.5 Å². The number of para-hydroxylation sites is 1. The fraction of sp³-hybridized carbons (Fsp3) is 0.263. The van der Waals surface area contributed by atoms with Crippen LogP contribution in [0.15, 0.2) is 53.4 Å². The van der Waals surface area contributed by atoms with Gasteiger partial charge in [0.05, 0.1) is 21.9 Å². The van der Waals surface area contributed by atoms with Crippen molar-refractivity contribution in [2.75, 3.05) is 12.4 Å². The van der Waals surface area contributed by atoms with Gasteiger partial charge in [-0.2, -0.15) is 0 Å². The summed E-state index contributed by atoms with van der Waals surface area (Å²) < 4.78 is 0. The highest BCUT2D eigenvalue weighted by Crippen LogP contribution is 2.37. The number of amides is 2. The Morgan fingerprint density at radius 2 is 2.04 bits per heavy atom. The van der Waals surface area contributed by atoms with Gasteiger partial charge in [-0.25, -0.2) is 0 Å². The standard InChI is InChI=1S/C19H19N3O4S/c1-12(13-6-5-7-14(10-13)22(25)26)21(2)18(23)11-17-19(24)20-15-8-3-4-9-16(15)27-17/h3-10,12,17H,11H2,1-2H3,(H,20,24)/t12-,17-/m0/s1. The Kier molecular flexibility index (Phi) is 5.46. The third kappa shape index (κ3) is 4.11. The Balaban J connectivity index is 1.69. The van der Waals surface area contributed by atoms with Crippen LogP contribution in [-0.2, 0) is 9.59 Å². The molecule has 0 unspecified atom stereocenters. The van der Waals surface area contributed by atoms with E-state index in [4.69, 9.17) is 0 Å². The molecule has 0 radical (unpaired) electrons. The molecule has 0 bridgehead atoms. The van der Waals surface area contributed by atoms with Gasteiger partial charge in [-0.15, -0.1) is 11.8 Å². The Hall–Kier alpha value is -2.87. The van der Waals surface area contributed by atoms with Crippen molar-refractivity contribution in [1.82, 2.24) is 4.90 Å². The Morgan fingerprint density at radius 3 is 2.78 bits per heavy atom. The number of hydrogen-bond acceptors (Lipinski definition) is 5. The summed E-state index contributed by atoms with van der Waals surface area (Å²) in [7, 11) is 1.64. The van der Waals surface area contributed by atoms with Crippen LogP contribution in [0.2, 0.25) is 0 Å². The van der Waals surface area contributed by atoms with Crippen LogP contribution < -0.4 is 5.32 Å². The number of nitrogens with one attached hydrogen (secondary N) is 1. The zero-order valence-corrected chi connectivity index (χ0v) is 15.7. The van der Waals surface area contributed by atoms with Crippen molar-refractivity contribution < 1.29 is 14.5 Å². The summed E-state index contributed by atoms with van der Waals surface area (Å²) in [5.41, 5.74) is 1.42. The van der Waals surface area contributed by atoms with Gasteiger partial charge in [0.2, 0.25) is 11.8 Å². The Labute approximate surface area is 160 Å². The number of non-ortho nitro benzene ring substituents is 1. The SMILES string of the molecule is C[C@@H](c1cccc([N+](=O)[O-])c1)N(C)C(=O)C[C@@H]1Sc2ccccc2NC1=O. The molecule has 1 aliphatic rings. The van der Waals surface area contributed by atoms with E-state index in [2.05, 4.69) is 5.32 Å². The number of rotatable bonds is 5. The van der Waals surface area contributed by atoms with Crippen LogP contribution in [0, 0.1) is 10.1 Å². The van der Waals surface area contributed by atoms with Gasteiger partial charge in [0.15, 0.2) is 0 Å². The molecule has 27 heavy (non-hydrogen) atoms. The van der Waals surface area contributed by atoms with Crippen LogP contribution in [0.1, 0.15) is 24.9 Å². The van der Waals surface area contributed by atoms with Crippen molar-refractivity contribution in [2.24, 2.45) is 0 Å². The molecule has 0 aromatic heterocycles. The molecule has 2 aromatic carbocycles. The zero-order valence-electron chi connectivity index (χ0n) is 14.9. The number of carbonyl (C=O) groups is 2. The first-order valence-corrected chi connectivity index (χ1v) is 9.31. The van der Waals surface area contributed by atoms with Crippen molar-refractivity contribution in [3.05, 3.63) is 64.2 Å². The first-order valence-electron chi connectivity index (χ1n) is 8.43. The average Bonchev–Trinajstić information content (AvgIpc) is 2.67. The number of fused-ring (bicyclic) bond motifs is 1. The van der Waals surface area contributed by atoms with E-state index in [1.54, 1.807) is 26.1 Å². The molecule has 2 atom stereocenters. The number of carbonyl (C=O) groups excluding carboxylic acids is 2. The largest absolute Gasteiger partial charge is 0.339 e. The van der Waals surface area contributed by atoms with Gasteiger partial charge in [0, 0.05) is 30.5 Å². The molecule has 8 heteroatoms. The van der Waals surface area contributed by atoms with Crippen LogP contribution >= 0.6 is 11.8 Å². The first-order chi connectivity index (χ1) is 12.9. The summed E-state index contributed by atoms with van der Waals surface area (Å²) in [5.74, 6) is -0.385. The van der Waals surface area contributed by atoms with E-state index in [9.17, 15) is 19.7 Å². The maximum atomic E-state index is 12.7. The lowest BCUT2D eigenvalue weighted by Crippen LogP contribution is -2.36. The minimum absolute atomic E-state index is 0.0148. The van der Waals surface area contributed by atoms with Crippen LogP contribution in [0.5, 0.6) is 0 Å². The van der Waals surface area contributed by atoms with Crippen LogP contribution in [0.25, 0.3) is 0 Å². The number of thioether (sulfide) groups is 1. The number of nitro benzene ring substituents is 1. The lowest BCUT2D eigenvalue weighted by atomic mass is 10.1. The fourth-order valence-electron chi connectivity index (χ4n) is 2.87. The molecular weight excluding hydrogens is 366 g/mol. The molecule has 0 spiro atoms. The fourth-order valence-corrected chi connectivity index (χ4v) is 3.97. The lowest BCUT2D eigenvalue weighted by molar-refractivity contribution is -0.384. The second kappa shape index (κ2) is 7.79. The smallest absolute Gasteiger partial charge is 0.269 e. The van der Waals surface area contributed by atoms with Gasteiger partial charge in [0.25, 0.3) is 5.69 Å². The summed E-state index contributed by atoms with van der Waals surface area (Å²) in [6, 6.07) is 13.4. The summed E-state index contributed by atoms with van der Waals surface area (Å²) in [6.45, 7) is 1.81. The molecule has 7 nitrogen and oxygen atoms in total. The zero-order chi connectivity index (χ0) is 19.6. The van der Waals surface area contributed by atoms with Gasteiger partial charge < -0.3 is 10.2 Å². The molecular formula is C19H19N3O4S. The molecule has 1 N–H and O–H groups in total. The normalized spacial score (nSPS) is 16.8. The van der Waals surface area contributed by atoms with E-state index in [-0.39, 0.29) is 30.0 Å². The van der Waals surface area contributed by atoms with Crippen molar-refractivity contribution in [3.8, 4) is 0 Å². The maximum Gasteiger partial charge on any atom is 0.269 e. The van der Waals surface area contributed by atoms with E-state index in [1.165, 1.54) is 28.8 Å². The summed E-state index contributed by atoms with van der Waals surface area (Å²) >= 11 is 1.38. The van der Waals surface area contributed by atoms with Crippen molar-refractivity contribution >= 4 is 35.0 Å². The molecule has 0 saturated carbocycles. The minimum Gasteiger partial charge on any atom is -0.339 e. The van der Waals surface area contributed by atoms with Gasteiger partial charge in [-0.1, -0.05) is 24.3 Å². The molecule has 2 aromatic rings. The predicted molar refractivity (Wildman–Crippen MR) is 104 cm³/mol. The minimum atomic E-state index is -0.507. The molecule has 1 heterocycles. The monoisotopic (exact) mass is 385 g/mol. The summed E-state index contributed by atoms with van der Waals surface area (Å²) in [5, 5.41) is 13.3. The van der Waals surface area contributed by atoms with E-state index < -0.39 is 10.2 Å². The third-order valence-corrected chi connectivity index (χ3v) is 5.88. The van der Waals surface area contributed by atoms with Gasteiger partial charge in [0.1, 0.15) is 0 Å². The van der Waals surface area contributed by atoms with Crippen LogP contribution in [0.3, 0.4) is 0 Å².